The molecule has 122 valence electrons. The number of thiol groups is 1. The summed E-state index contributed by atoms with van der Waals surface area (Å²) < 4.78 is 0. The Labute approximate surface area is 139 Å². The zero-order valence-corrected chi connectivity index (χ0v) is 14.0. The second-order valence-corrected chi connectivity index (χ2v) is 6.43. The van der Waals surface area contributed by atoms with Crippen LogP contribution in [-0.2, 0) is 4.79 Å². The van der Waals surface area contributed by atoms with E-state index >= 15 is 0 Å². The molecule has 1 rings (SSSR count). The maximum Gasteiger partial charge on any atom is 0.270 e. The summed E-state index contributed by atoms with van der Waals surface area (Å²) in [5, 5.41) is 9.81. The molecule has 5 N–H and O–H groups in total. The first-order valence-electron chi connectivity index (χ1n) is 6.87. The first-order chi connectivity index (χ1) is 10.5. The molecule has 0 radical (unpaired) electrons. The minimum atomic E-state index is -1.37. The number of hydrazine groups is 1. The van der Waals surface area contributed by atoms with Crippen LogP contribution in [0.2, 0.25) is 0 Å². The van der Waals surface area contributed by atoms with Crippen molar-refractivity contribution >= 4 is 36.2 Å². The quantitative estimate of drug-likeness (QED) is 0.283. The van der Waals surface area contributed by atoms with Crippen LogP contribution in [0.1, 0.15) is 23.7 Å². The number of aliphatic hydroxyl groups is 1. The molecule has 0 heterocycles. The number of benzene rings is 1. The molecular weight excluding hydrogens is 322 g/mol. The van der Waals surface area contributed by atoms with E-state index in [0.717, 1.165) is 11.5 Å². The maximum atomic E-state index is 11.9. The van der Waals surface area contributed by atoms with Gasteiger partial charge in [-0.25, -0.2) is 0 Å². The molecule has 2 amide bonds. The predicted octanol–water partition coefficient (Wildman–Crippen LogP) is 0.568. The predicted molar refractivity (Wildman–Crippen MR) is 90.9 cm³/mol. The van der Waals surface area contributed by atoms with Crippen LogP contribution in [0.5, 0.6) is 0 Å². The molecule has 0 fully saturated rings. The van der Waals surface area contributed by atoms with E-state index < -0.39 is 24.0 Å². The fraction of sp³-hybridized carbons (Fsp3) is 0.429. The first-order valence-corrected chi connectivity index (χ1v) is 8.47. The molecule has 1 aromatic carbocycles. The number of nitrogens with two attached hydrogens (primary N) is 1. The molecule has 0 aliphatic heterocycles. The van der Waals surface area contributed by atoms with E-state index in [4.69, 9.17) is 5.73 Å². The van der Waals surface area contributed by atoms with Gasteiger partial charge in [0.15, 0.2) is 0 Å². The number of carbonyl (C=O) groups excluding carboxylic acids is 2. The smallest absolute Gasteiger partial charge is 0.270 e. The van der Waals surface area contributed by atoms with Crippen LogP contribution in [0.4, 0.5) is 0 Å². The average Bonchev–Trinajstić information content (AvgIpc) is 2.52. The Morgan fingerprint density at radius 2 is 2.05 bits per heavy atom. The summed E-state index contributed by atoms with van der Waals surface area (Å²) in [6.07, 6.45) is -0.857. The first kappa shape index (κ1) is 18.8. The lowest BCUT2D eigenvalue weighted by molar-refractivity contribution is -0.131. The van der Waals surface area contributed by atoms with Gasteiger partial charge in [0.2, 0.25) is 0 Å². The Morgan fingerprint density at radius 1 is 1.36 bits per heavy atom. The van der Waals surface area contributed by atoms with Crippen LogP contribution < -0.4 is 16.6 Å². The van der Waals surface area contributed by atoms with Crippen LogP contribution in [0.15, 0.2) is 29.2 Å². The van der Waals surface area contributed by atoms with Gasteiger partial charge >= 0.3 is 0 Å². The molecular formula is C14H21N3O3S2. The number of amides is 2. The fourth-order valence-electron chi connectivity index (χ4n) is 1.64. The van der Waals surface area contributed by atoms with Crippen molar-refractivity contribution in [2.24, 2.45) is 5.73 Å². The number of carbonyl (C=O) groups is 2. The van der Waals surface area contributed by atoms with Gasteiger partial charge < -0.3 is 10.8 Å². The van der Waals surface area contributed by atoms with Gasteiger partial charge in [-0.3, -0.25) is 20.4 Å². The molecule has 22 heavy (non-hydrogen) atoms. The van der Waals surface area contributed by atoms with E-state index in [1.807, 2.05) is 6.92 Å². The van der Waals surface area contributed by atoms with Crippen LogP contribution in [0.3, 0.4) is 0 Å². The Balaban J connectivity index is 2.45. The minimum absolute atomic E-state index is 0.323. The monoisotopic (exact) mass is 343 g/mol. The van der Waals surface area contributed by atoms with Gasteiger partial charge in [-0.05, 0) is 30.1 Å². The van der Waals surface area contributed by atoms with Crippen molar-refractivity contribution in [1.82, 2.24) is 10.9 Å². The molecule has 0 saturated heterocycles. The molecule has 0 aliphatic carbocycles. The SMILES string of the molecule is CCSCC[C@@H](N)C(O)C(=O)NNC(=O)c1ccccc1S. The highest BCUT2D eigenvalue weighted by atomic mass is 32.2. The summed E-state index contributed by atoms with van der Waals surface area (Å²) in [6.45, 7) is 2.02. The van der Waals surface area contributed by atoms with Crippen LogP contribution in [-0.4, -0.2) is 40.6 Å². The molecule has 6 nitrogen and oxygen atoms in total. The van der Waals surface area contributed by atoms with Crippen molar-refractivity contribution in [3.63, 3.8) is 0 Å². The Morgan fingerprint density at radius 3 is 2.68 bits per heavy atom. The fourth-order valence-corrected chi connectivity index (χ4v) is 2.63. The van der Waals surface area contributed by atoms with E-state index in [1.54, 1.807) is 36.0 Å². The van der Waals surface area contributed by atoms with Crippen LogP contribution in [0, 0.1) is 0 Å². The van der Waals surface area contributed by atoms with Gasteiger partial charge in [-0.2, -0.15) is 11.8 Å². The number of thioether (sulfide) groups is 1. The summed E-state index contributed by atoms with van der Waals surface area (Å²) in [5.74, 6) is 0.468. The molecule has 0 aromatic heterocycles. The van der Waals surface area contributed by atoms with Crippen molar-refractivity contribution in [3.8, 4) is 0 Å². The third-order valence-electron chi connectivity index (χ3n) is 2.92. The zero-order chi connectivity index (χ0) is 16.5. The van der Waals surface area contributed by atoms with Gasteiger partial charge in [0.1, 0.15) is 6.10 Å². The van der Waals surface area contributed by atoms with E-state index in [9.17, 15) is 14.7 Å². The molecule has 1 aromatic rings. The number of aliphatic hydroxyl groups excluding tert-OH is 1. The van der Waals surface area contributed by atoms with E-state index in [1.165, 1.54) is 0 Å². The standard InChI is InChI=1S/C14H21N3O3S2/c1-2-22-8-7-10(15)12(18)14(20)17-16-13(19)9-5-3-4-6-11(9)21/h3-6,10,12,18,21H,2,7-8,15H2,1H3,(H,16,19)(H,17,20)/t10-,12?/m1/s1. The van der Waals surface area contributed by atoms with Crippen LogP contribution >= 0.6 is 24.4 Å². The number of rotatable bonds is 7. The molecule has 0 aliphatic rings. The Kier molecular flexibility index (Phi) is 8.32. The number of nitrogens with one attached hydrogen (secondary N) is 2. The van der Waals surface area contributed by atoms with E-state index in [2.05, 4.69) is 23.5 Å². The maximum absolute atomic E-state index is 11.9. The average molecular weight is 343 g/mol. The topological polar surface area (TPSA) is 104 Å². The summed E-state index contributed by atoms with van der Waals surface area (Å²) >= 11 is 5.84. The van der Waals surface area contributed by atoms with Gasteiger partial charge in [-0.15, -0.1) is 12.6 Å². The third-order valence-corrected chi connectivity index (χ3v) is 4.24. The van der Waals surface area contributed by atoms with Crippen molar-refractivity contribution in [2.45, 2.75) is 30.4 Å². The minimum Gasteiger partial charge on any atom is -0.382 e. The summed E-state index contributed by atoms with van der Waals surface area (Å²) in [6, 6.07) is 6.00. The lowest BCUT2D eigenvalue weighted by Gasteiger charge is -2.18. The largest absolute Gasteiger partial charge is 0.382 e. The van der Waals surface area contributed by atoms with E-state index in [-0.39, 0.29) is 0 Å². The highest BCUT2D eigenvalue weighted by Crippen LogP contribution is 2.12. The molecule has 8 heteroatoms. The van der Waals surface area contributed by atoms with Crippen molar-refractivity contribution in [2.75, 3.05) is 11.5 Å². The zero-order valence-electron chi connectivity index (χ0n) is 12.3. The van der Waals surface area contributed by atoms with Gasteiger partial charge in [-0.1, -0.05) is 19.1 Å². The molecule has 1 unspecified atom stereocenters. The molecule has 0 saturated carbocycles. The highest BCUT2D eigenvalue weighted by Gasteiger charge is 2.23. The van der Waals surface area contributed by atoms with Crippen molar-refractivity contribution in [1.29, 1.82) is 0 Å². The van der Waals surface area contributed by atoms with Gasteiger partial charge in [0.05, 0.1) is 5.56 Å². The second-order valence-electron chi connectivity index (χ2n) is 4.55. The lowest BCUT2D eigenvalue weighted by atomic mass is 10.1. The number of hydrogen-bond acceptors (Lipinski definition) is 6. The number of hydrogen-bond donors (Lipinski definition) is 5. The summed E-state index contributed by atoms with van der Waals surface area (Å²) in [5.41, 5.74) is 10.5. The van der Waals surface area contributed by atoms with E-state index in [0.29, 0.717) is 16.9 Å². The van der Waals surface area contributed by atoms with Crippen molar-refractivity contribution in [3.05, 3.63) is 29.8 Å². The normalized spacial score (nSPS) is 13.3. The van der Waals surface area contributed by atoms with Gasteiger partial charge in [0.25, 0.3) is 11.8 Å². The van der Waals surface area contributed by atoms with Crippen LogP contribution in [0.25, 0.3) is 0 Å². The molecule has 2 atom stereocenters. The molecule has 0 bridgehead atoms. The Hall–Kier alpha value is -1.22. The summed E-state index contributed by atoms with van der Waals surface area (Å²) in [4.78, 5) is 24.1. The van der Waals surface area contributed by atoms with Crippen molar-refractivity contribution < 1.29 is 14.7 Å². The highest BCUT2D eigenvalue weighted by molar-refractivity contribution is 7.99. The lowest BCUT2D eigenvalue weighted by Crippen LogP contribution is -2.52. The Bertz CT molecular complexity index is 514. The third kappa shape index (κ3) is 5.88. The second kappa shape index (κ2) is 9.73. The summed E-state index contributed by atoms with van der Waals surface area (Å²) in [7, 11) is 0. The van der Waals surface area contributed by atoms with Gasteiger partial charge in [0, 0.05) is 10.9 Å². The molecule has 0 spiro atoms.